The van der Waals surface area contributed by atoms with Crippen LogP contribution in [0.1, 0.15) is 9.80 Å². The minimum atomic E-state index is -0.219. The maximum Gasteiger partial charge on any atom is 0.289 e. The van der Waals surface area contributed by atoms with Gasteiger partial charge in [-0.1, -0.05) is 23.5 Å². The predicted molar refractivity (Wildman–Crippen MR) is 75.2 cm³/mol. The highest BCUT2D eigenvalue weighted by molar-refractivity contribution is 7.17. The van der Waals surface area contributed by atoms with Crippen molar-refractivity contribution in [2.75, 3.05) is 31.4 Å². The van der Waals surface area contributed by atoms with Gasteiger partial charge in [0.25, 0.3) is 5.91 Å². The largest absolute Gasteiger partial charge is 0.495 e. The molecule has 0 fully saturated rings. The highest BCUT2D eigenvalue weighted by atomic mass is 32.1. The Morgan fingerprint density at radius 2 is 2.11 bits per heavy atom. The van der Waals surface area contributed by atoms with Gasteiger partial charge in [-0.2, -0.15) is 0 Å². The molecular formula is C12H14N4O2S. The van der Waals surface area contributed by atoms with Crippen LogP contribution in [0.5, 0.6) is 5.75 Å². The third-order valence-corrected chi connectivity index (χ3v) is 3.50. The Balaban J connectivity index is 2.28. The van der Waals surface area contributed by atoms with Crippen LogP contribution in [0.3, 0.4) is 0 Å². The van der Waals surface area contributed by atoms with Gasteiger partial charge in [-0.05, 0) is 12.1 Å². The van der Waals surface area contributed by atoms with Gasteiger partial charge in [0, 0.05) is 14.1 Å². The molecule has 1 amide bonds. The molecule has 0 aliphatic heterocycles. The molecule has 7 heteroatoms. The molecule has 2 rings (SSSR count). The summed E-state index contributed by atoms with van der Waals surface area (Å²) in [4.78, 5) is 13.8. The molecule has 1 aromatic heterocycles. The molecule has 0 radical (unpaired) electrons. The van der Waals surface area contributed by atoms with E-state index in [9.17, 15) is 4.79 Å². The van der Waals surface area contributed by atoms with Crippen LogP contribution in [-0.2, 0) is 0 Å². The van der Waals surface area contributed by atoms with E-state index >= 15 is 0 Å². The molecule has 0 saturated heterocycles. The first-order chi connectivity index (χ1) is 9.17. The average molecular weight is 278 g/mol. The van der Waals surface area contributed by atoms with Crippen molar-refractivity contribution >= 4 is 28.1 Å². The number of hydrogen-bond acceptors (Lipinski definition) is 6. The number of methoxy groups -OCH3 is 1. The zero-order chi connectivity index (χ0) is 13.8. The quantitative estimate of drug-likeness (QED) is 0.924. The lowest BCUT2D eigenvalue weighted by atomic mass is 10.2. The number of hydrogen-bond donors (Lipinski definition) is 1. The molecule has 0 atom stereocenters. The lowest BCUT2D eigenvalue weighted by Gasteiger charge is -2.18. The van der Waals surface area contributed by atoms with Crippen molar-refractivity contribution in [1.82, 2.24) is 10.2 Å². The molecule has 0 aliphatic carbocycles. The van der Waals surface area contributed by atoms with E-state index in [0.717, 1.165) is 0 Å². The molecule has 0 aliphatic rings. The van der Waals surface area contributed by atoms with Crippen molar-refractivity contribution in [2.24, 2.45) is 0 Å². The molecule has 6 nitrogen and oxygen atoms in total. The van der Waals surface area contributed by atoms with Crippen LogP contribution in [0.4, 0.5) is 10.8 Å². The van der Waals surface area contributed by atoms with Crippen molar-refractivity contribution in [3.63, 3.8) is 0 Å². The van der Waals surface area contributed by atoms with Crippen LogP contribution < -0.4 is 15.0 Å². The monoisotopic (exact) mass is 278 g/mol. The number of ether oxygens (including phenoxy) is 1. The summed E-state index contributed by atoms with van der Waals surface area (Å²) >= 11 is 1.21. The van der Waals surface area contributed by atoms with Crippen molar-refractivity contribution in [3.8, 4) is 5.75 Å². The number of aromatic nitrogens is 2. The predicted octanol–water partition coefficient (Wildman–Crippen LogP) is 1.86. The number of anilines is 2. The number of nitrogens with one attached hydrogen (secondary N) is 1. The molecule has 0 spiro atoms. The van der Waals surface area contributed by atoms with Crippen molar-refractivity contribution in [1.29, 1.82) is 0 Å². The summed E-state index contributed by atoms with van der Waals surface area (Å²) in [7, 11) is 4.99. The number of carbonyl (C=O) groups is 1. The van der Waals surface area contributed by atoms with Crippen LogP contribution >= 0.6 is 11.3 Å². The second-order valence-electron chi connectivity index (χ2n) is 3.70. The van der Waals surface area contributed by atoms with Gasteiger partial charge in [0.15, 0.2) is 0 Å². The first-order valence-electron chi connectivity index (χ1n) is 5.59. The number of rotatable bonds is 4. The Hall–Kier alpha value is -2.15. The molecule has 19 heavy (non-hydrogen) atoms. The fraction of sp³-hybridized carbons (Fsp3) is 0.250. The van der Waals surface area contributed by atoms with Gasteiger partial charge < -0.3 is 15.0 Å². The van der Waals surface area contributed by atoms with E-state index in [0.29, 0.717) is 21.6 Å². The maximum atomic E-state index is 12.3. The van der Waals surface area contributed by atoms with E-state index in [4.69, 9.17) is 4.74 Å². The summed E-state index contributed by atoms with van der Waals surface area (Å²) in [5.74, 6) is 0.417. The minimum Gasteiger partial charge on any atom is -0.495 e. The van der Waals surface area contributed by atoms with Gasteiger partial charge >= 0.3 is 0 Å². The fourth-order valence-electron chi connectivity index (χ4n) is 1.57. The summed E-state index contributed by atoms with van der Waals surface area (Å²) in [6.07, 6.45) is 0. The standard InChI is InChI=1S/C12H14N4O2S/c1-13-12-15-14-10(19-12)11(17)16(2)8-6-4-5-7-9(8)18-3/h4-7H,1-3H3,(H,13,15). The smallest absolute Gasteiger partial charge is 0.289 e. The van der Waals surface area contributed by atoms with E-state index in [-0.39, 0.29) is 5.91 Å². The van der Waals surface area contributed by atoms with Crippen LogP contribution in [0, 0.1) is 0 Å². The number of carbonyl (C=O) groups excluding carboxylic acids is 1. The summed E-state index contributed by atoms with van der Waals surface area (Å²) in [6, 6.07) is 7.32. The highest BCUT2D eigenvalue weighted by Crippen LogP contribution is 2.28. The lowest BCUT2D eigenvalue weighted by molar-refractivity contribution is 0.0991. The van der Waals surface area contributed by atoms with Gasteiger partial charge in [-0.3, -0.25) is 4.79 Å². The first kappa shape index (κ1) is 13.3. The Morgan fingerprint density at radius 3 is 2.74 bits per heavy atom. The molecule has 1 aromatic carbocycles. The first-order valence-corrected chi connectivity index (χ1v) is 6.41. The van der Waals surface area contributed by atoms with Crippen molar-refractivity contribution in [3.05, 3.63) is 29.3 Å². The average Bonchev–Trinajstić information content (AvgIpc) is 2.94. The summed E-state index contributed by atoms with van der Waals surface area (Å²) in [6.45, 7) is 0. The van der Waals surface area contributed by atoms with Crippen LogP contribution in [0.25, 0.3) is 0 Å². The molecular weight excluding hydrogens is 264 g/mol. The Morgan fingerprint density at radius 1 is 1.37 bits per heavy atom. The third kappa shape index (κ3) is 2.65. The summed E-state index contributed by atoms with van der Waals surface area (Å²) < 4.78 is 5.24. The zero-order valence-electron chi connectivity index (χ0n) is 10.9. The number of para-hydroxylation sites is 2. The van der Waals surface area contributed by atoms with E-state index in [1.165, 1.54) is 16.2 Å². The molecule has 0 saturated carbocycles. The summed E-state index contributed by atoms with van der Waals surface area (Å²) in [5, 5.41) is 11.5. The highest BCUT2D eigenvalue weighted by Gasteiger charge is 2.20. The van der Waals surface area contributed by atoms with E-state index in [1.54, 1.807) is 27.3 Å². The Bertz CT molecular complexity index is 585. The zero-order valence-corrected chi connectivity index (χ0v) is 11.7. The molecule has 0 unspecified atom stereocenters. The molecule has 1 heterocycles. The normalized spacial score (nSPS) is 10.1. The lowest BCUT2D eigenvalue weighted by Crippen LogP contribution is -2.26. The fourth-order valence-corrected chi connectivity index (χ4v) is 2.24. The van der Waals surface area contributed by atoms with Gasteiger partial charge in [0.05, 0.1) is 12.8 Å². The molecule has 100 valence electrons. The molecule has 1 N–H and O–H groups in total. The van der Waals surface area contributed by atoms with E-state index in [2.05, 4.69) is 15.5 Å². The van der Waals surface area contributed by atoms with E-state index in [1.807, 2.05) is 18.2 Å². The van der Waals surface area contributed by atoms with Gasteiger partial charge in [0.1, 0.15) is 5.75 Å². The molecule has 0 bridgehead atoms. The van der Waals surface area contributed by atoms with Crippen molar-refractivity contribution < 1.29 is 9.53 Å². The second kappa shape index (κ2) is 5.66. The van der Waals surface area contributed by atoms with Crippen LogP contribution in [0.2, 0.25) is 0 Å². The number of amides is 1. The van der Waals surface area contributed by atoms with Gasteiger partial charge in [0.2, 0.25) is 10.1 Å². The SMILES string of the molecule is CNc1nnc(C(=O)N(C)c2ccccc2OC)s1. The number of nitrogens with zero attached hydrogens (tertiary/aromatic N) is 3. The third-order valence-electron chi connectivity index (χ3n) is 2.57. The Labute approximate surface area is 115 Å². The van der Waals surface area contributed by atoms with Crippen LogP contribution in [-0.4, -0.2) is 37.3 Å². The Kier molecular flexibility index (Phi) is 3.96. The second-order valence-corrected chi connectivity index (χ2v) is 4.68. The number of benzene rings is 1. The van der Waals surface area contributed by atoms with E-state index < -0.39 is 0 Å². The molecule has 2 aromatic rings. The minimum absolute atomic E-state index is 0.219. The summed E-state index contributed by atoms with van der Waals surface area (Å²) in [5.41, 5.74) is 0.691. The van der Waals surface area contributed by atoms with Crippen molar-refractivity contribution in [2.45, 2.75) is 0 Å². The van der Waals surface area contributed by atoms with Gasteiger partial charge in [-0.15, -0.1) is 10.2 Å². The maximum absolute atomic E-state index is 12.3. The van der Waals surface area contributed by atoms with Crippen LogP contribution in [0.15, 0.2) is 24.3 Å². The van der Waals surface area contributed by atoms with Gasteiger partial charge in [-0.25, -0.2) is 0 Å². The topological polar surface area (TPSA) is 67.4 Å².